The number of hydrogen-bond donors (Lipinski definition) is 1. The van der Waals surface area contributed by atoms with Gasteiger partial charge in [-0.1, -0.05) is 6.07 Å². The number of ether oxygens (including phenoxy) is 1. The molecule has 2 atom stereocenters. The number of nitrogens with zero attached hydrogens (tertiary/aromatic N) is 1. The Bertz CT molecular complexity index is 582. The van der Waals surface area contributed by atoms with Gasteiger partial charge in [0.15, 0.2) is 0 Å². The number of methoxy groups -OCH3 is 1. The van der Waals surface area contributed by atoms with Crippen LogP contribution in [-0.2, 0) is 17.6 Å². The van der Waals surface area contributed by atoms with E-state index < -0.39 is 0 Å². The molecule has 4 nitrogen and oxygen atoms in total. The van der Waals surface area contributed by atoms with Gasteiger partial charge in [-0.3, -0.25) is 4.79 Å². The number of aryl methyl sites for hydroxylation is 1. The molecule has 1 saturated carbocycles. The van der Waals surface area contributed by atoms with Crippen molar-refractivity contribution in [3.05, 3.63) is 29.3 Å². The molecule has 1 N–H and O–H groups in total. The number of rotatable bonds is 4. The summed E-state index contributed by atoms with van der Waals surface area (Å²) < 4.78 is 5.34. The van der Waals surface area contributed by atoms with E-state index in [2.05, 4.69) is 28.4 Å². The predicted molar refractivity (Wildman–Crippen MR) is 85.1 cm³/mol. The van der Waals surface area contributed by atoms with Gasteiger partial charge in [0.25, 0.3) is 0 Å². The molecule has 0 spiro atoms. The highest BCUT2D eigenvalue weighted by atomic mass is 16.5. The van der Waals surface area contributed by atoms with Gasteiger partial charge in [0.05, 0.1) is 7.11 Å². The summed E-state index contributed by atoms with van der Waals surface area (Å²) in [5, 5.41) is 3.74. The van der Waals surface area contributed by atoms with Crippen molar-refractivity contribution in [1.29, 1.82) is 0 Å². The first-order valence-electron chi connectivity index (χ1n) is 8.44. The minimum atomic E-state index is 0.338. The summed E-state index contributed by atoms with van der Waals surface area (Å²) in [5.74, 6) is 1.29. The van der Waals surface area contributed by atoms with Crippen LogP contribution >= 0.6 is 0 Å². The third-order valence-corrected chi connectivity index (χ3v) is 5.26. The number of hydrogen-bond acceptors (Lipinski definition) is 3. The molecule has 22 heavy (non-hydrogen) atoms. The molecule has 1 aromatic rings. The van der Waals surface area contributed by atoms with E-state index in [4.69, 9.17) is 4.74 Å². The number of carbonyl (C=O) groups is 1. The van der Waals surface area contributed by atoms with Crippen LogP contribution < -0.4 is 10.1 Å². The Balaban J connectivity index is 1.39. The molecule has 0 radical (unpaired) electrons. The monoisotopic (exact) mass is 300 g/mol. The molecule has 1 saturated heterocycles. The molecule has 1 amide bonds. The Morgan fingerprint density at radius 2 is 2.00 bits per heavy atom. The van der Waals surface area contributed by atoms with Crippen molar-refractivity contribution in [1.82, 2.24) is 10.2 Å². The van der Waals surface area contributed by atoms with Crippen molar-refractivity contribution < 1.29 is 9.53 Å². The fourth-order valence-corrected chi connectivity index (χ4v) is 3.92. The molecule has 2 unspecified atom stereocenters. The summed E-state index contributed by atoms with van der Waals surface area (Å²) in [6, 6.07) is 7.78. The smallest absolute Gasteiger partial charge is 0.224 e. The van der Waals surface area contributed by atoms with Crippen LogP contribution in [0.15, 0.2) is 18.2 Å². The number of amides is 1. The average Bonchev–Trinajstić information content (AvgIpc) is 3.30. The maximum absolute atomic E-state index is 12.1. The summed E-state index contributed by atoms with van der Waals surface area (Å²) in [6.45, 7) is 0.908. The van der Waals surface area contributed by atoms with Crippen molar-refractivity contribution in [3.63, 3.8) is 0 Å². The molecule has 0 aromatic heterocycles. The highest BCUT2D eigenvalue weighted by molar-refractivity contribution is 5.80. The second-order valence-corrected chi connectivity index (χ2v) is 6.92. The molecule has 4 heteroatoms. The van der Waals surface area contributed by atoms with Gasteiger partial charge in [-0.25, -0.2) is 0 Å². The summed E-state index contributed by atoms with van der Waals surface area (Å²) >= 11 is 0. The summed E-state index contributed by atoms with van der Waals surface area (Å²) in [5.41, 5.74) is 2.84. The Morgan fingerprint density at radius 3 is 2.77 bits per heavy atom. The van der Waals surface area contributed by atoms with Gasteiger partial charge in [0.1, 0.15) is 5.75 Å². The largest absolute Gasteiger partial charge is 0.497 e. The lowest BCUT2D eigenvalue weighted by Crippen LogP contribution is -2.43. The Morgan fingerprint density at radius 1 is 1.14 bits per heavy atom. The fourth-order valence-electron chi connectivity index (χ4n) is 3.92. The van der Waals surface area contributed by atoms with E-state index >= 15 is 0 Å². The fraction of sp³-hybridized carbons (Fsp3) is 0.611. The first kappa shape index (κ1) is 14.1. The molecule has 118 valence electrons. The number of carbonyl (C=O) groups excluding carboxylic acids is 1. The lowest BCUT2D eigenvalue weighted by molar-refractivity contribution is -0.128. The third-order valence-electron chi connectivity index (χ3n) is 5.26. The Kier molecular flexibility index (Phi) is 3.57. The van der Waals surface area contributed by atoms with E-state index in [-0.39, 0.29) is 0 Å². The first-order valence-corrected chi connectivity index (χ1v) is 8.44. The number of fused-ring (bicyclic) bond motifs is 1. The molecule has 4 rings (SSSR count). The normalized spacial score (nSPS) is 27.9. The zero-order valence-corrected chi connectivity index (χ0v) is 13.2. The number of benzene rings is 1. The zero-order valence-electron chi connectivity index (χ0n) is 13.2. The summed E-state index contributed by atoms with van der Waals surface area (Å²) in [6.07, 6.45) is 6.40. The van der Waals surface area contributed by atoms with Gasteiger partial charge < -0.3 is 15.0 Å². The molecule has 2 fully saturated rings. The SMILES string of the molecule is COc1ccc2c(c1)CC(NC1CC(=O)N(C3CC3)C1)CC2. The van der Waals surface area contributed by atoms with E-state index in [1.54, 1.807) is 7.11 Å². The lowest BCUT2D eigenvalue weighted by atomic mass is 9.87. The number of nitrogens with one attached hydrogen (secondary N) is 1. The third kappa shape index (κ3) is 2.72. The van der Waals surface area contributed by atoms with E-state index in [0.29, 0.717) is 30.5 Å². The van der Waals surface area contributed by atoms with Gasteiger partial charge in [-0.2, -0.15) is 0 Å². The van der Waals surface area contributed by atoms with Crippen LogP contribution in [0.25, 0.3) is 0 Å². The molecule has 0 bridgehead atoms. The summed E-state index contributed by atoms with van der Waals surface area (Å²) in [4.78, 5) is 14.2. The number of likely N-dealkylation sites (tertiary alicyclic amines) is 1. The van der Waals surface area contributed by atoms with Crippen LogP contribution in [0, 0.1) is 0 Å². The lowest BCUT2D eigenvalue weighted by Gasteiger charge is -2.28. The zero-order chi connectivity index (χ0) is 15.1. The minimum Gasteiger partial charge on any atom is -0.497 e. The van der Waals surface area contributed by atoms with Crippen LogP contribution in [0.1, 0.15) is 36.8 Å². The van der Waals surface area contributed by atoms with E-state index in [0.717, 1.165) is 31.6 Å². The quantitative estimate of drug-likeness (QED) is 0.923. The van der Waals surface area contributed by atoms with Crippen LogP contribution in [-0.4, -0.2) is 42.6 Å². The highest BCUT2D eigenvalue weighted by Crippen LogP contribution is 2.31. The Hall–Kier alpha value is -1.55. The molecule has 3 aliphatic rings. The van der Waals surface area contributed by atoms with Crippen molar-refractivity contribution >= 4 is 5.91 Å². The topological polar surface area (TPSA) is 41.6 Å². The molecule has 2 aliphatic carbocycles. The molecule has 1 heterocycles. The van der Waals surface area contributed by atoms with E-state index in [1.807, 2.05) is 0 Å². The van der Waals surface area contributed by atoms with Crippen LogP contribution in [0.4, 0.5) is 0 Å². The minimum absolute atomic E-state index is 0.338. The molecule has 1 aliphatic heterocycles. The maximum atomic E-state index is 12.1. The van der Waals surface area contributed by atoms with E-state index in [9.17, 15) is 4.79 Å². The first-order chi connectivity index (χ1) is 10.7. The van der Waals surface area contributed by atoms with Gasteiger partial charge >= 0.3 is 0 Å². The molecular formula is C18H24N2O2. The maximum Gasteiger partial charge on any atom is 0.224 e. The van der Waals surface area contributed by atoms with Gasteiger partial charge in [0.2, 0.25) is 5.91 Å². The second kappa shape index (κ2) is 5.58. The van der Waals surface area contributed by atoms with Crippen molar-refractivity contribution in [2.75, 3.05) is 13.7 Å². The van der Waals surface area contributed by atoms with Gasteiger partial charge in [-0.05, 0) is 55.4 Å². The predicted octanol–water partition coefficient (Wildman–Crippen LogP) is 1.91. The van der Waals surface area contributed by atoms with Gasteiger partial charge in [-0.15, -0.1) is 0 Å². The standard InChI is InChI=1S/C18H24N2O2/c1-22-17-7-3-12-2-4-14(8-13(12)9-17)19-15-10-18(21)20(11-15)16-5-6-16/h3,7,9,14-16,19H,2,4-6,8,10-11H2,1H3. The second-order valence-electron chi connectivity index (χ2n) is 6.92. The molecular weight excluding hydrogens is 276 g/mol. The van der Waals surface area contributed by atoms with Crippen LogP contribution in [0.2, 0.25) is 0 Å². The average molecular weight is 300 g/mol. The summed E-state index contributed by atoms with van der Waals surface area (Å²) in [7, 11) is 1.72. The molecule has 1 aromatic carbocycles. The van der Waals surface area contributed by atoms with Crippen molar-refractivity contribution in [3.8, 4) is 5.75 Å². The van der Waals surface area contributed by atoms with Crippen molar-refractivity contribution in [2.24, 2.45) is 0 Å². The van der Waals surface area contributed by atoms with Crippen molar-refractivity contribution in [2.45, 2.75) is 56.7 Å². The van der Waals surface area contributed by atoms with Gasteiger partial charge in [0, 0.05) is 31.1 Å². The van der Waals surface area contributed by atoms with Crippen LogP contribution in [0.3, 0.4) is 0 Å². The van der Waals surface area contributed by atoms with E-state index in [1.165, 1.54) is 24.0 Å². The Labute approximate surface area is 131 Å². The highest BCUT2D eigenvalue weighted by Gasteiger charge is 2.39. The van der Waals surface area contributed by atoms with Crippen LogP contribution in [0.5, 0.6) is 5.75 Å².